The number of carboxylic acids is 1. The van der Waals surface area contributed by atoms with E-state index in [0.717, 1.165) is 14.2 Å². The fraction of sp³-hybridized carbons (Fsp3) is 0.417. The van der Waals surface area contributed by atoms with Gasteiger partial charge in [0.05, 0.1) is 20.8 Å². The predicted octanol–water partition coefficient (Wildman–Crippen LogP) is 1.99. The van der Waals surface area contributed by atoms with Crippen LogP contribution in [0.5, 0.6) is 11.6 Å². The first-order valence-corrected chi connectivity index (χ1v) is 5.82. The molecule has 122 valence electrons. The zero-order valence-corrected chi connectivity index (χ0v) is 11.8. The van der Waals surface area contributed by atoms with Crippen LogP contribution in [0.2, 0.25) is 0 Å². The van der Waals surface area contributed by atoms with Gasteiger partial charge in [0, 0.05) is 0 Å². The molecular formula is C12H12F3NO6. The Morgan fingerprint density at radius 2 is 1.77 bits per heavy atom. The molecule has 0 aliphatic heterocycles. The van der Waals surface area contributed by atoms with E-state index in [0.29, 0.717) is 0 Å². The Morgan fingerprint density at radius 3 is 2.14 bits per heavy atom. The number of alkyl halides is 3. The second-order valence-electron chi connectivity index (χ2n) is 3.78. The average Bonchev–Trinajstić information content (AvgIpc) is 2.43. The summed E-state index contributed by atoms with van der Waals surface area (Å²) in [5.74, 6) is -4.72. The zero-order valence-electron chi connectivity index (χ0n) is 11.8. The van der Waals surface area contributed by atoms with E-state index >= 15 is 0 Å². The molecule has 0 radical (unpaired) electrons. The number of ether oxygens (including phenoxy) is 3. The number of rotatable bonds is 5. The smallest absolute Gasteiger partial charge is 0.434 e. The Morgan fingerprint density at radius 1 is 1.18 bits per heavy atom. The monoisotopic (exact) mass is 323 g/mol. The quantitative estimate of drug-likeness (QED) is 0.828. The van der Waals surface area contributed by atoms with Gasteiger partial charge in [-0.25, -0.2) is 14.6 Å². The minimum atomic E-state index is -5.04. The number of halogens is 3. The van der Waals surface area contributed by atoms with E-state index in [-0.39, 0.29) is 6.61 Å². The molecule has 0 unspecified atom stereocenters. The van der Waals surface area contributed by atoms with Crippen molar-refractivity contribution in [1.29, 1.82) is 0 Å². The Balaban J connectivity index is 3.85. The van der Waals surface area contributed by atoms with Crippen molar-refractivity contribution in [3.05, 3.63) is 16.8 Å². The van der Waals surface area contributed by atoms with Crippen molar-refractivity contribution >= 4 is 11.9 Å². The third kappa shape index (κ3) is 3.21. The average molecular weight is 323 g/mol. The summed E-state index contributed by atoms with van der Waals surface area (Å²) >= 11 is 0. The molecule has 0 spiro atoms. The van der Waals surface area contributed by atoms with Crippen LogP contribution in [0, 0.1) is 0 Å². The van der Waals surface area contributed by atoms with Crippen LogP contribution in [0.1, 0.15) is 33.3 Å². The third-order valence-electron chi connectivity index (χ3n) is 2.48. The van der Waals surface area contributed by atoms with Gasteiger partial charge in [0.15, 0.2) is 17.0 Å². The maximum absolute atomic E-state index is 13.1. The number of methoxy groups -OCH3 is 2. The molecule has 0 aliphatic rings. The topological polar surface area (TPSA) is 95.0 Å². The molecule has 1 aromatic rings. The normalized spacial score (nSPS) is 11.0. The predicted molar refractivity (Wildman–Crippen MR) is 65.3 cm³/mol. The molecule has 1 rings (SSSR count). The van der Waals surface area contributed by atoms with E-state index in [1.54, 1.807) is 0 Å². The van der Waals surface area contributed by atoms with Gasteiger partial charge < -0.3 is 19.3 Å². The van der Waals surface area contributed by atoms with Crippen molar-refractivity contribution in [2.45, 2.75) is 13.1 Å². The SMILES string of the molecule is CCOC(=O)c1c(C(F)(F)F)nc(OC)c(C(=O)O)c1OC. The number of hydrogen-bond donors (Lipinski definition) is 1. The van der Waals surface area contributed by atoms with Crippen LogP contribution in [-0.2, 0) is 10.9 Å². The molecule has 0 amide bonds. The van der Waals surface area contributed by atoms with Gasteiger partial charge in [-0.1, -0.05) is 0 Å². The first-order chi connectivity index (χ1) is 10.2. The second kappa shape index (κ2) is 6.50. The Labute approximate surface area is 122 Å². The molecule has 0 saturated carbocycles. The van der Waals surface area contributed by atoms with Crippen molar-refractivity contribution in [3.8, 4) is 11.6 Å². The zero-order chi connectivity index (χ0) is 17.1. The number of hydrogen-bond acceptors (Lipinski definition) is 6. The van der Waals surface area contributed by atoms with Crippen molar-refractivity contribution in [3.63, 3.8) is 0 Å². The minimum Gasteiger partial charge on any atom is -0.495 e. The summed E-state index contributed by atoms with van der Waals surface area (Å²) in [6, 6.07) is 0. The van der Waals surface area contributed by atoms with Gasteiger partial charge in [0.25, 0.3) is 0 Å². The summed E-state index contributed by atoms with van der Waals surface area (Å²) in [4.78, 5) is 26.1. The maximum Gasteiger partial charge on any atom is 0.434 e. The molecule has 0 aliphatic carbocycles. The Kier molecular flexibility index (Phi) is 5.18. The van der Waals surface area contributed by atoms with Crippen LogP contribution in [0.25, 0.3) is 0 Å². The number of esters is 1. The second-order valence-corrected chi connectivity index (χ2v) is 3.78. The number of aromatic nitrogens is 1. The molecule has 0 fully saturated rings. The number of aromatic carboxylic acids is 1. The third-order valence-corrected chi connectivity index (χ3v) is 2.48. The lowest BCUT2D eigenvalue weighted by Gasteiger charge is -2.18. The number of carbonyl (C=O) groups excluding carboxylic acids is 1. The molecule has 1 N–H and O–H groups in total. The van der Waals surface area contributed by atoms with Crippen LogP contribution in [-0.4, -0.2) is 42.9 Å². The molecule has 0 bridgehead atoms. The Hall–Kier alpha value is -2.52. The van der Waals surface area contributed by atoms with E-state index in [1.807, 2.05) is 0 Å². The number of carbonyl (C=O) groups is 2. The first-order valence-electron chi connectivity index (χ1n) is 5.82. The van der Waals surface area contributed by atoms with E-state index in [9.17, 15) is 22.8 Å². The van der Waals surface area contributed by atoms with Crippen LogP contribution in [0.3, 0.4) is 0 Å². The number of pyridine rings is 1. The molecule has 1 aromatic heterocycles. The highest BCUT2D eigenvalue weighted by Crippen LogP contribution is 2.40. The highest BCUT2D eigenvalue weighted by Gasteiger charge is 2.43. The van der Waals surface area contributed by atoms with Crippen LogP contribution in [0.4, 0.5) is 13.2 Å². The minimum absolute atomic E-state index is 0.215. The lowest BCUT2D eigenvalue weighted by atomic mass is 10.1. The van der Waals surface area contributed by atoms with Crippen molar-refractivity contribution in [2.24, 2.45) is 0 Å². The van der Waals surface area contributed by atoms with E-state index in [2.05, 4.69) is 19.2 Å². The molecule has 1 heterocycles. The highest BCUT2D eigenvalue weighted by molar-refractivity contribution is 6.01. The summed E-state index contributed by atoms with van der Waals surface area (Å²) in [7, 11) is 1.86. The number of nitrogens with zero attached hydrogens (tertiary/aromatic N) is 1. The fourth-order valence-corrected chi connectivity index (χ4v) is 1.68. The molecule has 22 heavy (non-hydrogen) atoms. The van der Waals surface area contributed by atoms with Crippen molar-refractivity contribution < 1.29 is 42.1 Å². The van der Waals surface area contributed by atoms with E-state index in [1.165, 1.54) is 6.92 Å². The van der Waals surface area contributed by atoms with E-state index < -0.39 is 46.6 Å². The largest absolute Gasteiger partial charge is 0.495 e. The molecular weight excluding hydrogens is 311 g/mol. The molecule has 0 atom stereocenters. The number of carboxylic acid groups (broad SMARTS) is 1. The summed E-state index contributed by atoms with van der Waals surface area (Å²) in [6.45, 7) is 1.17. The summed E-state index contributed by atoms with van der Waals surface area (Å²) in [5.41, 5.74) is -3.57. The standard InChI is InChI=1S/C12H12F3NO6/c1-4-22-11(19)5-7(20-2)6(10(17)18)9(21-3)16-8(5)12(13,14)15/h4H2,1-3H3,(H,17,18). The molecule has 7 nitrogen and oxygen atoms in total. The summed E-state index contributed by atoms with van der Waals surface area (Å²) in [5, 5.41) is 9.11. The molecule has 0 saturated heterocycles. The van der Waals surface area contributed by atoms with Crippen molar-refractivity contribution in [1.82, 2.24) is 4.98 Å². The van der Waals surface area contributed by atoms with Gasteiger partial charge in [0.1, 0.15) is 5.56 Å². The van der Waals surface area contributed by atoms with E-state index in [4.69, 9.17) is 5.11 Å². The molecule has 10 heteroatoms. The van der Waals surface area contributed by atoms with Crippen LogP contribution in [0.15, 0.2) is 0 Å². The van der Waals surface area contributed by atoms with Gasteiger partial charge in [-0.3, -0.25) is 0 Å². The maximum atomic E-state index is 13.1. The summed E-state index contributed by atoms with van der Waals surface area (Å²) in [6.07, 6.45) is -5.04. The van der Waals surface area contributed by atoms with Gasteiger partial charge >= 0.3 is 18.1 Å². The van der Waals surface area contributed by atoms with Gasteiger partial charge in [0.2, 0.25) is 5.88 Å². The van der Waals surface area contributed by atoms with Gasteiger partial charge in [-0.05, 0) is 6.92 Å². The lowest BCUT2D eigenvalue weighted by Crippen LogP contribution is -2.21. The van der Waals surface area contributed by atoms with Crippen LogP contribution >= 0.6 is 0 Å². The summed E-state index contributed by atoms with van der Waals surface area (Å²) < 4.78 is 53.0. The molecule has 0 aromatic carbocycles. The highest BCUT2D eigenvalue weighted by atomic mass is 19.4. The van der Waals surface area contributed by atoms with Crippen LogP contribution < -0.4 is 9.47 Å². The Bertz CT molecular complexity index is 600. The van der Waals surface area contributed by atoms with Gasteiger partial charge in [-0.2, -0.15) is 13.2 Å². The lowest BCUT2D eigenvalue weighted by molar-refractivity contribution is -0.142. The van der Waals surface area contributed by atoms with Crippen molar-refractivity contribution in [2.75, 3.05) is 20.8 Å². The first kappa shape index (κ1) is 17.5. The fourth-order valence-electron chi connectivity index (χ4n) is 1.68. The van der Waals surface area contributed by atoms with Gasteiger partial charge in [-0.15, -0.1) is 0 Å².